The third-order valence-electron chi connectivity index (χ3n) is 2.67. The molecule has 112 valence electrons. The summed E-state index contributed by atoms with van der Waals surface area (Å²) in [7, 11) is 1.19. The van der Waals surface area contributed by atoms with Gasteiger partial charge in [-0.05, 0) is 5.56 Å². The van der Waals surface area contributed by atoms with E-state index in [0.29, 0.717) is 5.56 Å². The Labute approximate surface area is 122 Å². The number of rotatable bonds is 4. The zero-order chi connectivity index (χ0) is 15.6. The maximum Gasteiger partial charge on any atom is 0.451 e. The molecule has 0 aliphatic carbocycles. The van der Waals surface area contributed by atoms with Crippen molar-refractivity contribution in [1.29, 1.82) is 0 Å². The quantitative estimate of drug-likeness (QED) is 0.877. The van der Waals surface area contributed by atoms with E-state index in [1.165, 1.54) is 7.05 Å². The van der Waals surface area contributed by atoms with E-state index in [4.69, 9.17) is 5.73 Å². The van der Waals surface area contributed by atoms with E-state index < -0.39 is 23.2 Å². The molecule has 0 aliphatic heterocycles. The molecule has 0 fully saturated rings. The monoisotopic (exact) mass is 316 g/mol. The molecule has 2 aromatic rings. The van der Waals surface area contributed by atoms with Crippen molar-refractivity contribution in [2.24, 2.45) is 12.8 Å². The Balaban J connectivity index is 2.31. The fraction of sp³-hybridized carbons (Fsp3) is 0.250. The van der Waals surface area contributed by atoms with Gasteiger partial charge in [-0.2, -0.15) is 13.2 Å². The van der Waals surface area contributed by atoms with Gasteiger partial charge in [0.05, 0.1) is 0 Å². The second-order valence-electron chi connectivity index (χ2n) is 4.17. The molecule has 0 aliphatic rings. The standard InChI is InChI=1S/C12H11F3N4OS/c1-19-10(12(13,14)15)17-18-11(19)21-8(9(16)20)7-5-3-2-4-6-7/h2-6,8H,1H3,(H2,16,20)/t8-/m1/s1. The van der Waals surface area contributed by atoms with Crippen LogP contribution in [0.15, 0.2) is 35.5 Å². The number of hydrogen-bond acceptors (Lipinski definition) is 4. The van der Waals surface area contributed by atoms with Gasteiger partial charge >= 0.3 is 6.18 Å². The van der Waals surface area contributed by atoms with Gasteiger partial charge in [-0.1, -0.05) is 42.1 Å². The summed E-state index contributed by atoms with van der Waals surface area (Å²) < 4.78 is 38.8. The third-order valence-corrected chi connectivity index (χ3v) is 3.98. The second kappa shape index (κ2) is 5.76. The highest BCUT2D eigenvalue weighted by molar-refractivity contribution is 8.00. The summed E-state index contributed by atoms with van der Waals surface area (Å²) in [4.78, 5) is 11.5. The number of carbonyl (C=O) groups is 1. The van der Waals surface area contributed by atoms with E-state index in [2.05, 4.69) is 10.2 Å². The first-order valence-electron chi connectivity index (χ1n) is 5.78. The Morgan fingerprint density at radius 3 is 2.38 bits per heavy atom. The molecule has 0 spiro atoms. The van der Waals surface area contributed by atoms with Gasteiger partial charge in [-0.15, -0.1) is 10.2 Å². The van der Waals surface area contributed by atoms with Crippen LogP contribution in [0.5, 0.6) is 0 Å². The first kappa shape index (κ1) is 15.4. The molecule has 0 saturated carbocycles. The minimum atomic E-state index is -4.60. The number of halogens is 3. The zero-order valence-electron chi connectivity index (χ0n) is 10.8. The number of hydrogen-bond donors (Lipinski definition) is 1. The molecule has 1 heterocycles. The highest BCUT2D eigenvalue weighted by Crippen LogP contribution is 2.36. The first-order valence-corrected chi connectivity index (χ1v) is 6.66. The van der Waals surface area contributed by atoms with Gasteiger partial charge in [0.15, 0.2) is 5.16 Å². The summed E-state index contributed by atoms with van der Waals surface area (Å²) in [5.41, 5.74) is 5.91. The highest BCUT2D eigenvalue weighted by atomic mass is 32.2. The van der Waals surface area contributed by atoms with Crippen LogP contribution in [0.3, 0.4) is 0 Å². The van der Waals surface area contributed by atoms with Gasteiger partial charge in [-0.3, -0.25) is 4.79 Å². The van der Waals surface area contributed by atoms with Crippen molar-refractivity contribution in [3.8, 4) is 0 Å². The van der Waals surface area contributed by atoms with Crippen molar-refractivity contribution in [3.63, 3.8) is 0 Å². The largest absolute Gasteiger partial charge is 0.451 e. The molecule has 0 bridgehead atoms. The molecule has 5 nitrogen and oxygen atoms in total. The van der Waals surface area contributed by atoms with E-state index in [9.17, 15) is 18.0 Å². The molecule has 2 rings (SSSR count). The molecule has 1 aromatic carbocycles. The van der Waals surface area contributed by atoms with Crippen LogP contribution in [0.2, 0.25) is 0 Å². The minimum absolute atomic E-state index is 0.0324. The van der Waals surface area contributed by atoms with Crippen LogP contribution >= 0.6 is 11.8 Å². The lowest BCUT2D eigenvalue weighted by atomic mass is 10.1. The number of aromatic nitrogens is 3. The maximum atomic E-state index is 12.7. The molecule has 1 atom stereocenters. The fourth-order valence-corrected chi connectivity index (χ4v) is 2.64. The number of benzene rings is 1. The van der Waals surface area contributed by atoms with E-state index in [-0.39, 0.29) is 5.16 Å². The Bertz CT molecular complexity index is 642. The number of thioether (sulfide) groups is 1. The third kappa shape index (κ3) is 3.35. The van der Waals surface area contributed by atoms with Gasteiger partial charge in [-0.25, -0.2) is 0 Å². The smallest absolute Gasteiger partial charge is 0.368 e. The lowest BCUT2D eigenvalue weighted by Gasteiger charge is -2.13. The van der Waals surface area contributed by atoms with Crippen molar-refractivity contribution in [1.82, 2.24) is 14.8 Å². The van der Waals surface area contributed by atoms with Crippen molar-refractivity contribution < 1.29 is 18.0 Å². The number of carbonyl (C=O) groups excluding carboxylic acids is 1. The number of nitrogens with zero attached hydrogens (tertiary/aromatic N) is 3. The van der Waals surface area contributed by atoms with Gasteiger partial charge in [0.2, 0.25) is 11.7 Å². The van der Waals surface area contributed by atoms with Crippen LogP contribution in [0.4, 0.5) is 13.2 Å². The molecule has 1 aromatic heterocycles. The molecule has 0 unspecified atom stereocenters. The van der Waals surface area contributed by atoms with Gasteiger partial charge in [0.1, 0.15) is 5.25 Å². The maximum absolute atomic E-state index is 12.7. The van der Waals surface area contributed by atoms with Crippen LogP contribution in [-0.4, -0.2) is 20.7 Å². The summed E-state index contributed by atoms with van der Waals surface area (Å²) in [6.07, 6.45) is -4.60. The van der Waals surface area contributed by atoms with Crippen molar-refractivity contribution in [2.45, 2.75) is 16.6 Å². The average molecular weight is 316 g/mol. The Kier molecular flexibility index (Phi) is 4.21. The van der Waals surface area contributed by atoms with Crippen LogP contribution in [0.1, 0.15) is 16.6 Å². The fourth-order valence-electron chi connectivity index (χ4n) is 1.69. The molecule has 0 saturated heterocycles. The molecule has 0 radical (unpaired) electrons. The topological polar surface area (TPSA) is 73.8 Å². The number of alkyl halides is 3. The van der Waals surface area contributed by atoms with Crippen LogP contribution in [-0.2, 0) is 18.0 Å². The van der Waals surface area contributed by atoms with Gasteiger partial charge < -0.3 is 10.3 Å². The van der Waals surface area contributed by atoms with E-state index in [1.807, 2.05) is 0 Å². The highest BCUT2D eigenvalue weighted by Gasteiger charge is 2.38. The summed E-state index contributed by atoms with van der Waals surface area (Å²) in [6.45, 7) is 0. The van der Waals surface area contributed by atoms with Crippen LogP contribution < -0.4 is 5.73 Å². The summed E-state index contributed by atoms with van der Waals surface area (Å²) in [6, 6.07) is 8.52. The Hall–Kier alpha value is -2.03. The van der Waals surface area contributed by atoms with E-state index in [1.54, 1.807) is 30.3 Å². The molecule has 9 heteroatoms. The average Bonchev–Trinajstić information content (AvgIpc) is 2.77. The van der Waals surface area contributed by atoms with Crippen LogP contribution in [0.25, 0.3) is 0 Å². The Morgan fingerprint density at radius 1 is 1.29 bits per heavy atom. The summed E-state index contributed by atoms with van der Waals surface area (Å²) in [5.74, 6) is -1.79. The molecular weight excluding hydrogens is 305 g/mol. The lowest BCUT2D eigenvalue weighted by Crippen LogP contribution is -2.19. The van der Waals surface area contributed by atoms with E-state index >= 15 is 0 Å². The van der Waals surface area contributed by atoms with Gasteiger partial charge in [0.25, 0.3) is 0 Å². The summed E-state index contributed by atoms with van der Waals surface area (Å²) in [5, 5.41) is 5.72. The number of amides is 1. The minimum Gasteiger partial charge on any atom is -0.368 e. The van der Waals surface area contributed by atoms with Crippen LogP contribution in [0, 0.1) is 0 Å². The molecule has 2 N–H and O–H groups in total. The number of nitrogens with two attached hydrogens (primary N) is 1. The molecule has 21 heavy (non-hydrogen) atoms. The predicted molar refractivity (Wildman–Crippen MR) is 70.2 cm³/mol. The Morgan fingerprint density at radius 2 is 1.90 bits per heavy atom. The van der Waals surface area contributed by atoms with Crippen molar-refractivity contribution >= 4 is 17.7 Å². The SMILES string of the molecule is Cn1c(S[C@@H](C(N)=O)c2ccccc2)nnc1C(F)(F)F. The second-order valence-corrected chi connectivity index (χ2v) is 5.25. The zero-order valence-corrected chi connectivity index (χ0v) is 11.6. The summed E-state index contributed by atoms with van der Waals surface area (Å²) >= 11 is 0.828. The number of primary amides is 1. The molecule has 1 amide bonds. The molecular formula is C12H11F3N4OS. The normalized spacial score (nSPS) is 13.1. The van der Waals surface area contributed by atoms with Gasteiger partial charge in [0, 0.05) is 7.05 Å². The van der Waals surface area contributed by atoms with Crippen molar-refractivity contribution in [2.75, 3.05) is 0 Å². The van der Waals surface area contributed by atoms with E-state index in [0.717, 1.165) is 16.3 Å². The predicted octanol–water partition coefficient (Wildman–Crippen LogP) is 2.15. The first-order chi connectivity index (χ1) is 9.80. The lowest BCUT2D eigenvalue weighted by molar-refractivity contribution is -0.147. The van der Waals surface area contributed by atoms with Crippen molar-refractivity contribution in [3.05, 3.63) is 41.7 Å².